The van der Waals surface area contributed by atoms with Gasteiger partial charge in [-0.1, -0.05) is 0 Å². The van der Waals surface area contributed by atoms with Crippen molar-refractivity contribution in [3.05, 3.63) is 39.9 Å². The van der Waals surface area contributed by atoms with Crippen molar-refractivity contribution in [3.63, 3.8) is 0 Å². The number of nitrogens with one attached hydrogen (secondary N) is 1. The average molecular weight is 371 g/mol. The van der Waals surface area contributed by atoms with Gasteiger partial charge in [-0.2, -0.15) is 5.10 Å². The van der Waals surface area contributed by atoms with Crippen LogP contribution in [0.2, 0.25) is 0 Å². The molecule has 0 saturated heterocycles. The van der Waals surface area contributed by atoms with Crippen LogP contribution in [0.3, 0.4) is 0 Å². The van der Waals surface area contributed by atoms with Gasteiger partial charge >= 0.3 is 0 Å². The molecule has 8 heteroatoms. The molecular formula is C18H19N4O3S-. The van der Waals surface area contributed by atoms with Gasteiger partial charge in [0.15, 0.2) is 5.82 Å². The summed E-state index contributed by atoms with van der Waals surface area (Å²) in [5.74, 6) is 0.859. The standard InChI is InChI=1S/C18H20N4O3S/c1-9-12(4)26-18-16(9)17(19-8-20-18)22-21-10(2)14-7-13(25-11(14)3)5-6-15(23)24/h7-8H,5-6H2,1-4H3,(H,23,24)(H,19,20,22)/p-1/b21-10-. The highest BCUT2D eigenvalue weighted by Crippen LogP contribution is 2.32. The van der Waals surface area contributed by atoms with Crippen LogP contribution in [0.25, 0.3) is 10.2 Å². The number of hydrogen-bond donors (Lipinski definition) is 1. The van der Waals surface area contributed by atoms with Gasteiger partial charge in [0.05, 0.1) is 11.1 Å². The first kappa shape index (κ1) is 18.1. The fourth-order valence-corrected chi connectivity index (χ4v) is 3.71. The number of aromatic nitrogens is 2. The number of carbonyl (C=O) groups excluding carboxylic acids is 1. The summed E-state index contributed by atoms with van der Waals surface area (Å²) in [6.07, 6.45) is 1.74. The lowest BCUT2D eigenvalue weighted by Crippen LogP contribution is -2.22. The zero-order valence-corrected chi connectivity index (χ0v) is 15.9. The molecule has 26 heavy (non-hydrogen) atoms. The molecule has 0 aliphatic heterocycles. The van der Waals surface area contributed by atoms with Crippen LogP contribution in [0.5, 0.6) is 0 Å². The van der Waals surface area contributed by atoms with Crippen molar-refractivity contribution in [2.24, 2.45) is 5.10 Å². The molecule has 0 aromatic carbocycles. The SMILES string of the molecule is C/C(=N/Nc1ncnc2sc(C)c(C)c12)c1cc(CCC(=O)[O-])oc1C. The molecule has 3 rings (SSSR count). The average Bonchev–Trinajstić information content (AvgIpc) is 3.11. The maximum absolute atomic E-state index is 10.6. The summed E-state index contributed by atoms with van der Waals surface area (Å²) in [5.41, 5.74) is 5.72. The highest BCUT2D eigenvalue weighted by atomic mass is 32.1. The summed E-state index contributed by atoms with van der Waals surface area (Å²) in [7, 11) is 0. The predicted molar refractivity (Wildman–Crippen MR) is 99.5 cm³/mol. The van der Waals surface area contributed by atoms with Crippen LogP contribution >= 0.6 is 11.3 Å². The first-order chi connectivity index (χ1) is 12.4. The van der Waals surface area contributed by atoms with Crippen LogP contribution in [-0.2, 0) is 11.2 Å². The lowest BCUT2D eigenvalue weighted by atomic mass is 10.1. The molecule has 3 aromatic heterocycles. The zero-order valence-electron chi connectivity index (χ0n) is 15.0. The van der Waals surface area contributed by atoms with E-state index in [0.29, 0.717) is 23.8 Å². The van der Waals surface area contributed by atoms with Gasteiger partial charge in [0, 0.05) is 22.8 Å². The summed E-state index contributed by atoms with van der Waals surface area (Å²) in [5, 5.41) is 16.0. The van der Waals surface area contributed by atoms with Gasteiger partial charge in [-0.05, 0) is 45.7 Å². The van der Waals surface area contributed by atoms with E-state index in [0.717, 1.165) is 27.1 Å². The van der Waals surface area contributed by atoms with E-state index in [4.69, 9.17) is 4.42 Å². The Morgan fingerprint density at radius 3 is 2.85 bits per heavy atom. The maximum atomic E-state index is 10.6. The normalized spacial score (nSPS) is 11.9. The van der Waals surface area contributed by atoms with E-state index in [2.05, 4.69) is 27.4 Å². The fraction of sp³-hybridized carbons (Fsp3) is 0.333. The molecule has 7 nitrogen and oxygen atoms in total. The van der Waals surface area contributed by atoms with Gasteiger partial charge in [-0.3, -0.25) is 5.43 Å². The van der Waals surface area contributed by atoms with Crippen molar-refractivity contribution in [1.82, 2.24) is 9.97 Å². The Kier molecular flexibility index (Phi) is 5.03. The second-order valence-corrected chi connectivity index (χ2v) is 7.25. The third-order valence-electron chi connectivity index (χ3n) is 4.23. The summed E-state index contributed by atoms with van der Waals surface area (Å²) in [6, 6.07) is 1.81. The zero-order chi connectivity index (χ0) is 18.8. The number of carboxylic acids is 1. The van der Waals surface area contributed by atoms with Crippen molar-refractivity contribution in [2.45, 2.75) is 40.5 Å². The number of hydrazone groups is 1. The molecule has 0 saturated carbocycles. The lowest BCUT2D eigenvalue weighted by molar-refractivity contribution is -0.305. The summed E-state index contributed by atoms with van der Waals surface area (Å²) < 4.78 is 5.61. The van der Waals surface area contributed by atoms with E-state index >= 15 is 0 Å². The van der Waals surface area contributed by atoms with Crippen molar-refractivity contribution in [1.29, 1.82) is 0 Å². The molecule has 0 aliphatic rings. The predicted octanol–water partition coefficient (Wildman–Crippen LogP) is 2.73. The van der Waals surface area contributed by atoms with Crippen LogP contribution in [0, 0.1) is 20.8 Å². The molecule has 0 fully saturated rings. The molecule has 0 atom stereocenters. The Morgan fingerprint density at radius 2 is 2.12 bits per heavy atom. The Balaban J connectivity index is 1.84. The van der Waals surface area contributed by atoms with E-state index in [9.17, 15) is 9.90 Å². The number of fused-ring (bicyclic) bond motifs is 1. The molecule has 3 heterocycles. The number of nitrogens with zero attached hydrogens (tertiary/aromatic N) is 3. The number of aliphatic carboxylic acids is 1. The summed E-state index contributed by atoms with van der Waals surface area (Å²) in [4.78, 5) is 21.3. The summed E-state index contributed by atoms with van der Waals surface area (Å²) in [6.45, 7) is 7.79. The number of rotatable bonds is 6. The van der Waals surface area contributed by atoms with E-state index in [1.54, 1.807) is 11.3 Å². The van der Waals surface area contributed by atoms with Crippen LogP contribution in [0.15, 0.2) is 21.9 Å². The molecule has 0 aliphatic carbocycles. The van der Waals surface area contributed by atoms with Gasteiger partial charge in [-0.15, -0.1) is 11.3 Å². The molecule has 0 bridgehead atoms. The quantitative estimate of drug-likeness (QED) is 0.528. The number of carboxylic acid groups (broad SMARTS) is 1. The fourth-order valence-electron chi connectivity index (χ4n) is 2.72. The van der Waals surface area contributed by atoms with Crippen LogP contribution in [-0.4, -0.2) is 21.6 Å². The lowest BCUT2D eigenvalue weighted by Gasteiger charge is -2.04. The molecule has 0 radical (unpaired) electrons. The second kappa shape index (κ2) is 7.25. The van der Waals surface area contributed by atoms with E-state index in [1.165, 1.54) is 11.2 Å². The molecule has 1 N–H and O–H groups in total. The Hall–Kier alpha value is -2.74. The van der Waals surface area contributed by atoms with Crippen molar-refractivity contribution < 1.29 is 14.3 Å². The van der Waals surface area contributed by atoms with Crippen molar-refractivity contribution in [3.8, 4) is 0 Å². The van der Waals surface area contributed by atoms with Crippen molar-refractivity contribution in [2.75, 3.05) is 5.43 Å². The summed E-state index contributed by atoms with van der Waals surface area (Å²) >= 11 is 1.63. The topological polar surface area (TPSA) is 103 Å². The van der Waals surface area contributed by atoms with Gasteiger partial charge in [0.1, 0.15) is 22.7 Å². The second-order valence-electron chi connectivity index (χ2n) is 6.05. The monoisotopic (exact) mass is 371 g/mol. The number of carbonyl (C=O) groups is 1. The van der Waals surface area contributed by atoms with Gasteiger partial charge < -0.3 is 14.3 Å². The minimum absolute atomic E-state index is 0.0729. The van der Waals surface area contributed by atoms with Gasteiger partial charge in [0.2, 0.25) is 0 Å². The smallest absolute Gasteiger partial charge is 0.158 e. The largest absolute Gasteiger partial charge is 0.550 e. The van der Waals surface area contributed by atoms with Crippen molar-refractivity contribution >= 4 is 39.1 Å². The minimum Gasteiger partial charge on any atom is -0.550 e. The molecule has 0 unspecified atom stereocenters. The number of hydrogen-bond acceptors (Lipinski definition) is 8. The first-order valence-corrected chi connectivity index (χ1v) is 8.99. The Bertz CT molecular complexity index is 1000. The molecule has 136 valence electrons. The van der Waals surface area contributed by atoms with Crippen LogP contribution in [0.4, 0.5) is 5.82 Å². The molecule has 0 spiro atoms. The Labute approximate surface area is 154 Å². The Morgan fingerprint density at radius 1 is 1.35 bits per heavy atom. The highest BCUT2D eigenvalue weighted by molar-refractivity contribution is 7.18. The molecule has 0 amide bonds. The number of aryl methyl sites for hydroxylation is 4. The third kappa shape index (κ3) is 3.60. The van der Waals surface area contributed by atoms with E-state index in [-0.39, 0.29) is 6.42 Å². The first-order valence-electron chi connectivity index (χ1n) is 8.17. The maximum Gasteiger partial charge on any atom is 0.158 e. The van der Waals surface area contributed by atoms with E-state index in [1.807, 2.05) is 26.8 Å². The third-order valence-corrected chi connectivity index (χ3v) is 5.34. The molecular weight excluding hydrogens is 352 g/mol. The number of anilines is 1. The minimum atomic E-state index is -1.10. The van der Waals surface area contributed by atoms with E-state index < -0.39 is 5.97 Å². The number of thiophene rings is 1. The molecule has 3 aromatic rings. The highest BCUT2D eigenvalue weighted by Gasteiger charge is 2.13. The van der Waals surface area contributed by atoms with Crippen LogP contribution < -0.4 is 10.5 Å². The van der Waals surface area contributed by atoms with Crippen LogP contribution in [0.1, 0.15) is 40.9 Å². The van der Waals surface area contributed by atoms with Gasteiger partial charge in [-0.25, -0.2) is 9.97 Å². The number of furan rings is 1. The van der Waals surface area contributed by atoms with Gasteiger partial charge in [0.25, 0.3) is 0 Å².